The summed E-state index contributed by atoms with van der Waals surface area (Å²) in [5, 5.41) is 7.60. The third-order valence-corrected chi connectivity index (χ3v) is 4.85. The van der Waals surface area contributed by atoms with Crippen LogP contribution in [-0.2, 0) is 11.2 Å². The van der Waals surface area contributed by atoms with Crippen molar-refractivity contribution in [2.24, 2.45) is 5.92 Å². The van der Waals surface area contributed by atoms with Crippen molar-refractivity contribution >= 4 is 17.5 Å². The number of nitrogens with zero attached hydrogens (tertiary/aromatic N) is 2. The Balaban J connectivity index is 1.25. The minimum atomic E-state index is -0.0259. The molecule has 8 heteroatoms. The van der Waals surface area contributed by atoms with E-state index in [2.05, 4.69) is 26.3 Å². The Hall–Kier alpha value is -1.96. The number of carbonyl (C=O) groups is 1. The van der Waals surface area contributed by atoms with Crippen LogP contribution in [0.2, 0.25) is 5.02 Å². The Morgan fingerprint density at radius 3 is 2.84 bits per heavy atom. The van der Waals surface area contributed by atoms with Crippen LogP contribution in [0.1, 0.15) is 31.6 Å². The lowest BCUT2D eigenvalue weighted by molar-refractivity contribution is -0.122. The number of aryl methyl sites for hydroxylation is 1. The fourth-order valence-corrected chi connectivity index (χ4v) is 3.17. The van der Waals surface area contributed by atoms with Crippen LogP contribution in [0.25, 0.3) is 11.4 Å². The fourth-order valence-electron chi connectivity index (χ4n) is 3.04. The summed E-state index contributed by atoms with van der Waals surface area (Å²) in [5.41, 5.74) is 7.23. The Morgan fingerprint density at radius 2 is 2.08 bits per heavy atom. The van der Waals surface area contributed by atoms with Gasteiger partial charge in [-0.1, -0.05) is 16.8 Å². The summed E-state index contributed by atoms with van der Waals surface area (Å²) >= 11 is 5.87. The van der Waals surface area contributed by atoms with Gasteiger partial charge in [0.15, 0.2) is 0 Å². The first-order valence-electron chi connectivity index (χ1n) is 8.56. The van der Waals surface area contributed by atoms with Crippen LogP contribution in [0.15, 0.2) is 28.8 Å². The molecule has 2 fully saturated rings. The van der Waals surface area contributed by atoms with E-state index in [1.165, 1.54) is 12.8 Å². The summed E-state index contributed by atoms with van der Waals surface area (Å²) < 4.78 is 5.22. The number of benzene rings is 1. The molecule has 1 aliphatic carbocycles. The molecule has 0 spiro atoms. The summed E-state index contributed by atoms with van der Waals surface area (Å²) in [5.74, 6) is 1.69. The van der Waals surface area contributed by atoms with Crippen molar-refractivity contribution in [1.82, 2.24) is 26.3 Å². The van der Waals surface area contributed by atoms with Crippen molar-refractivity contribution in [2.45, 2.75) is 44.3 Å². The predicted octanol–water partition coefficient (Wildman–Crippen LogP) is 2.04. The summed E-state index contributed by atoms with van der Waals surface area (Å²) in [6.07, 6.45) is 4.22. The third kappa shape index (κ3) is 4.18. The Labute approximate surface area is 150 Å². The van der Waals surface area contributed by atoms with E-state index in [1.807, 2.05) is 12.1 Å². The van der Waals surface area contributed by atoms with Crippen molar-refractivity contribution in [3.63, 3.8) is 0 Å². The van der Waals surface area contributed by atoms with Gasteiger partial charge in [0.25, 0.3) is 0 Å². The lowest BCUT2D eigenvalue weighted by Crippen LogP contribution is -2.44. The Kier molecular flexibility index (Phi) is 4.70. The first kappa shape index (κ1) is 16.5. The van der Waals surface area contributed by atoms with Gasteiger partial charge in [-0.2, -0.15) is 4.98 Å². The van der Waals surface area contributed by atoms with Crippen LogP contribution < -0.4 is 16.2 Å². The second-order valence-electron chi connectivity index (χ2n) is 6.61. The quantitative estimate of drug-likeness (QED) is 0.729. The molecule has 1 aromatic carbocycles. The van der Waals surface area contributed by atoms with Crippen molar-refractivity contribution in [1.29, 1.82) is 0 Å². The first-order chi connectivity index (χ1) is 12.2. The summed E-state index contributed by atoms with van der Waals surface area (Å²) in [7, 11) is 0. The molecular formula is C17H20ClN5O2. The average molecular weight is 362 g/mol. The summed E-state index contributed by atoms with van der Waals surface area (Å²) in [6.45, 7) is 0. The summed E-state index contributed by atoms with van der Waals surface area (Å²) in [4.78, 5) is 16.4. The minimum absolute atomic E-state index is 0.00888. The predicted molar refractivity (Wildman–Crippen MR) is 92.4 cm³/mol. The maximum atomic E-state index is 12.1. The molecule has 7 nitrogen and oxygen atoms in total. The molecule has 4 rings (SSSR count). The SMILES string of the molecule is O=C(CCc1nc(-c2ccc(Cl)cc2)no1)NC1CC(C2CC2)NN1. The van der Waals surface area contributed by atoms with Crippen molar-refractivity contribution < 1.29 is 9.32 Å². The van der Waals surface area contributed by atoms with E-state index in [4.69, 9.17) is 16.1 Å². The number of nitrogens with one attached hydrogen (secondary N) is 3. The number of hydrazine groups is 1. The van der Waals surface area contributed by atoms with Gasteiger partial charge >= 0.3 is 0 Å². The second-order valence-corrected chi connectivity index (χ2v) is 7.04. The van der Waals surface area contributed by atoms with Gasteiger partial charge in [0.2, 0.25) is 17.6 Å². The molecule has 25 heavy (non-hydrogen) atoms. The van der Waals surface area contributed by atoms with E-state index in [0.29, 0.717) is 35.6 Å². The molecular weight excluding hydrogens is 342 g/mol. The lowest BCUT2D eigenvalue weighted by atomic mass is 10.1. The second kappa shape index (κ2) is 7.11. The normalized spacial score (nSPS) is 22.9. The fraction of sp³-hybridized carbons (Fsp3) is 0.471. The van der Waals surface area contributed by atoms with Crippen LogP contribution in [0.3, 0.4) is 0 Å². The van der Waals surface area contributed by atoms with Crippen LogP contribution in [0.4, 0.5) is 0 Å². The topological polar surface area (TPSA) is 92.1 Å². The molecule has 2 atom stereocenters. The number of aromatic nitrogens is 2. The number of halogens is 1. The highest BCUT2D eigenvalue weighted by Crippen LogP contribution is 2.35. The number of hydrogen-bond acceptors (Lipinski definition) is 6. The maximum absolute atomic E-state index is 12.1. The number of hydrogen-bond donors (Lipinski definition) is 3. The van der Waals surface area contributed by atoms with Gasteiger partial charge in [0, 0.05) is 29.5 Å². The highest BCUT2D eigenvalue weighted by atomic mass is 35.5. The van der Waals surface area contributed by atoms with E-state index in [-0.39, 0.29) is 12.1 Å². The van der Waals surface area contributed by atoms with E-state index >= 15 is 0 Å². The van der Waals surface area contributed by atoms with Gasteiger partial charge in [0.1, 0.15) is 0 Å². The molecule has 0 bridgehead atoms. The molecule has 1 aromatic heterocycles. The molecule has 1 amide bonds. The van der Waals surface area contributed by atoms with Crippen molar-refractivity contribution in [3.05, 3.63) is 35.2 Å². The van der Waals surface area contributed by atoms with Crippen LogP contribution in [0, 0.1) is 5.92 Å². The van der Waals surface area contributed by atoms with Gasteiger partial charge in [-0.25, -0.2) is 5.43 Å². The zero-order valence-electron chi connectivity index (χ0n) is 13.7. The molecule has 2 unspecified atom stereocenters. The Bertz CT molecular complexity index is 744. The molecule has 1 saturated heterocycles. The first-order valence-corrected chi connectivity index (χ1v) is 8.94. The Morgan fingerprint density at radius 1 is 1.28 bits per heavy atom. The van der Waals surface area contributed by atoms with Crippen molar-refractivity contribution in [3.8, 4) is 11.4 Å². The molecule has 2 aromatic rings. The van der Waals surface area contributed by atoms with Gasteiger partial charge in [-0.3, -0.25) is 10.2 Å². The number of amides is 1. The zero-order valence-corrected chi connectivity index (χ0v) is 14.4. The standard InChI is InChI=1S/C17H20ClN5O2/c18-12-5-3-11(4-6-12)17-20-16(25-23-17)8-7-15(24)19-14-9-13(21-22-14)10-1-2-10/h3-6,10,13-14,21-22H,1-2,7-9H2,(H,19,24). The van der Waals surface area contributed by atoms with Gasteiger partial charge in [-0.15, -0.1) is 0 Å². The van der Waals surface area contributed by atoms with Crippen LogP contribution in [0.5, 0.6) is 0 Å². The molecule has 132 valence electrons. The molecule has 0 radical (unpaired) electrons. The van der Waals surface area contributed by atoms with Crippen molar-refractivity contribution in [2.75, 3.05) is 0 Å². The van der Waals surface area contributed by atoms with E-state index in [0.717, 1.165) is 17.9 Å². The maximum Gasteiger partial charge on any atom is 0.227 e. The van der Waals surface area contributed by atoms with E-state index in [9.17, 15) is 4.79 Å². The highest BCUT2D eigenvalue weighted by molar-refractivity contribution is 6.30. The molecule has 3 N–H and O–H groups in total. The number of rotatable bonds is 6. The van der Waals surface area contributed by atoms with Crippen LogP contribution >= 0.6 is 11.6 Å². The van der Waals surface area contributed by atoms with Gasteiger partial charge < -0.3 is 9.84 Å². The third-order valence-electron chi connectivity index (χ3n) is 4.60. The summed E-state index contributed by atoms with van der Waals surface area (Å²) in [6, 6.07) is 7.69. The van der Waals surface area contributed by atoms with E-state index < -0.39 is 0 Å². The van der Waals surface area contributed by atoms with Gasteiger partial charge in [0.05, 0.1) is 6.17 Å². The average Bonchev–Trinajstić information content (AvgIpc) is 3.17. The number of carbonyl (C=O) groups excluding carboxylic acids is 1. The lowest BCUT2D eigenvalue weighted by Gasteiger charge is -2.11. The largest absolute Gasteiger partial charge is 0.339 e. The zero-order chi connectivity index (χ0) is 17.2. The smallest absolute Gasteiger partial charge is 0.227 e. The highest BCUT2D eigenvalue weighted by Gasteiger charge is 2.36. The molecule has 1 aliphatic heterocycles. The van der Waals surface area contributed by atoms with Crippen LogP contribution in [-0.4, -0.2) is 28.3 Å². The molecule has 1 saturated carbocycles. The molecule has 2 heterocycles. The van der Waals surface area contributed by atoms with E-state index in [1.54, 1.807) is 12.1 Å². The molecule has 2 aliphatic rings. The monoisotopic (exact) mass is 361 g/mol. The van der Waals surface area contributed by atoms with Gasteiger partial charge in [-0.05, 0) is 49.4 Å². The minimum Gasteiger partial charge on any atom is -0.339 e.